The maximum Gasteiger partial charge on any atom is 0.277 e. The minimum atomic E-state index is -0.148. The van der Waals surface area contributed by atoms with Gasteiger partial charge >= 0.3 is 0 Å². The number of carbonyl (C=O) groups excluding carboxylic acids is 1. The highest BCUT2D eigenvalue weighted by Crippen LogP contribution is 2.39. The van der Waals surface area contributed by atoms with Gasteiger partial charge in [0.25, 0.3) is 5.22 Å². The van der Waals surface area contributed by atoms with Crippen molar-refractivity contribution in [2.24, 2.45) is 0 Å². The molecule has 0 saturated heterocycles. The zero-order chi connectivity index (χ0) is 15.7. The van der Waals surface area contributed by atoms with Gasteiger partial charge in [0.05, 0.1) is 16.5 Å². The van der Waals surface area contributed by atoms with Crippen LogP contribution >= 0.6 is 23.4 Å². The van der Waals surface area contributed by atoms with E-state index < -0.39 is 0 Å². The van der Waals surface area contributed by atoms with Gasteiger partial charge in [-0.2, -0.15) is 0 Å². The summed E-state index contributed by atoms with van der Waals surface area (Å²) in [6.45, 7) is 3.88. The number of hydrogen-bond donors (Lipinski definition) is 1. The van der Waals surface area contributed by atoms with Gasteiger partial charge in [0.1, 0.15) is 0 Å². The monoisotopic (exact) mass is 337 g/mol. The molecule has 0 spiro atoms. The van der Waals surface area contributed by atoms with Gasteiger partial charge in [-0.05, 0) is 43.9 Å². The quantitative estimate of drug-likeness (QED) is 0.837. The molecule has 5 nitrogen and oxygen atoms in total. The van der Waals surface area contributed by atoms with E-state index in [1.54, 1.807) is 0 Å². The minimum absolute atomic E-state index is 0.148. The highest BCUT2D eigenvalue weighted by molar-refractivity contribution is 7.99. The fraction of sp³-hybridized carbons (Fsp3) is 0.400. The maximum absolute atomic E-state index is 12.0. The second-order valence-electron chi connectivity index (χ2n) is 5.46. The average molecular weight is 338 g/mol. The third kappa shape index (κ3) is 3.62. The lowest BCUT2D eigenvalue weighted by Gasteiger charge is -2.11. The van der Waals surface area contributed by atoms with Gasteiger partial charge < -0.3 is 9.73 Å². The van der Waals surface area contributed by atoms with Crippen LogP contribution in [0.3, 0.4) is 0 Å². The maximum atomic E-state index is 12.0. The number of thioether (sulfide) groups is 1. The number of anilines is 1. The molecule has 1 N–H and O–H groups in total. The van der Waals surface area contributed by atoms with Crippen LogP contribution in [-0.2, 0) is 4.79 Å². The van der Waals surface area contributed by atoms with Crippen LogP contribution in [0.5, 0.6) is 0 Å². The second-order valence-corrected chi connectivity index (χ2v) is 6.79. The summed E-state index contributed by atoms with van der Waals surface area (Å²) in [7, 11) is 0. The lowest BCUT2D eigenvalue weighted by atomic mass is 10.1. The Labute approximate surface area is 137 Å². The third-order valence-corrected chi connectivity index (χ3v) is 4.49. The Morgan fingerprint density at radius 3 is 2.86 bits per heavy atom. The minimum Gasteiger partial charge on any atom is -0.416 e. The van der Waals surface area contributed by atoms with Crippen LogP contribution < -0.4 is 5.32 Å². The Hall–Kier alpha value is -1.53. The normalized spacial score (nSPS) is 14.1. The van der Waals surface area contributed by atoms with Crippen molar-refractivity contribution in [2.45, 2.75) is 37.8 Å². The summed E-state index contributed by atoms with van der Waals surface area (Å²) in [5.74, 6) is 1.16. The summed E-state index contributed by atoms with van der Waals surface area (Å²) in [5.41, 5.74) is 2.66. The van der Waals surface area contributed by atoms with Crippen molar-refractivity contribution in [3.63, 3.8) is 0 Å². The second kappa shape index (κ2) is 6.30. The van der Waals surface area contributed by atoms with Gasteiger partial charge in [0.2, 0.25) is 11.8 Å². The van der Waals surface area contributed by atoms with E-state index in [0.29, 0.717) is 27.7 Å². The van der Waals surface area contributed by atoms with Crippen molar-refractivity contribution < 1.29 is 9.21 Å². The molecular weight excluding hydrogens is 322 g/mol. The van der Waals surface area contributed by atoms with Crippen LogP contribution in [0.25, 0.3) is 0 Å². The topological polar surface area (TPSA) is 68.0 Å². The molecule has 0 unspecified atom stereocenters. The zero-order valence-corrected chi connectivity index (χ0v) is 13.9. The van der Waals surface area contributed by atoms with E-state index in [9.17, 15) is 4.79 Å². The summed E-state index contributed by atoms with van der Waals surface area (Å²) in [6.07, 6.45) is 2.22. The molecule has 116 valence electrons. The number of carbonyl (C=O) groups is 1. The Balaban J connectivity index is 1.58. The van der Waals surface area contributed by atoms with Crippen molar-refractivity contribution in [2.75, 3.05) is 11.1 Å². The summed E-state index contributed by atoms with van der Waals surface area (Å²) in [6, 6.07) is 3.81. The largest absolute Gasteiger partial charge is 0.416 e. The van der Waals surface area contributed by atoms with Gasteiger partial charge in [-0.1, -0.05) is 29.4 Å². The first-order valence-corrected chi connectivity index (χ1v) is 8.42. The Kier molecular flexibility index (Phi) is 4.40. The zero-order valence-electron chi connectivity index (χ0n) is 12.4. The van der Waals surface area contributed by atoms with E-state index in [4.69, 9.17) is 16.0 Å². The van der Waals surface area contributed by atoms with Crippen molar-refractivity contribution >= 4 is 35.0 Å². The number of nitrogens with zero attached hydrogens (tertiary/aromatic N) is 2. The van der Waals surface area contributed by atoms with Crippen molar-refractivity contribution in [3.05, 3.63) is 34.2 Å². The number of halogens is 1. The van der Waals surface area contributed by atoms with Crippen LogP contribution in [0.2, 0.25) is 5.02 Å². The number of amides is 1. The average Bonchev–Trinajstić information content (AvgIpc) is 3.20. The lowest BCUT2D eigenvalue weighted by molar-refractivity contribution is -0.113. The van der Waals surface area contributed by atoms with E-state index in [2.05, 4.69) is 15.5 Å². The molecule has 1 aliphatic rings. The van der Waals surface area contributed by atoms with Gasteiger partial charge in [0, 0.05) is 5.92 Å². The van der Waals surface area contributed by atoms with E-state index >= 15 is 0 Å². The molecule has 1 fully saturated rings. The molecule has 1 saturated carbocycles. The molecule has 22 heavy (non-hydrogen) atoms. The first-order valence-electron chi connectivity index (χ1n) is 7.05. The number of aryl methyl sites for hydroxylation is 2. The van der Waals surface area contributed by atoms with Crippen LogP contribution in [0.4, 0.5) is 5.69 Å². The molecule has 1 aliphatic carbocycles. The molecule has 1 amide bonds. The van der Waals surface area contributed by atoms with E-state index in [-0.39, 0.29) is 11.7 Å². The lowest BCUT2D eigenvalue weighted by Crippen LogP contribution is -2.15. The molecule has 7 heteroatoms. The molecule has 0 atom stereocenters. The SMILES string of the molecule is Cc1cc(C)c(NC(=O)CSc2nnc(C3CC3)o2)c(Cl)c1. The summed E-state index contributed by atoms with van der Waals surface area (Å²) in [5, 5.41) is 11.7. The highest BCUT2D eigenvalue weighted by atomic mass is 35.5. The summed E-state index contributed by atoms with van der Waals surface area (Å²) < 4.78 is 5.51. The fourth-order valence-electron chi connectivity index (χ4n) is 2.15. The van der Waals surface area contributed by atoms with E-state index in [1.165, 1.54) is 11.8 Å². The first-order chi connectivity index (χ1) is 10.5. The molecule has 0 bridgehead atoms. The van der Waals surface area contributed by atoms with Gasteiger partial charge in [-0.25, -0.2) is 0 Å². The number of hydrogen-bond acceptors (Lipinski definition) is 5. The number of benzene rings is 1. The molecule has 0 radical (unpaired) electrons. The van der Waals surface area contributed by atoms with Crippen molar-refractivity contribution in [1.29, 1.82) is 0 Å². The first kappa shape index (κ1) is 15.4. The Bertz CT molecular complexity index is 690. The summed E-state index contributed by atoms with van der Waals surface area (Å²) in [4.78, 5) is 12.0. The highest BCUT2D eigenvalue weighted by Gasteiger charge is 2.29. The van der Waals surface area contributed by atoms with Crippen LogP contribution in [-0.4, -0.2) is 21.9 Å². The Morgan fingerprint density at radius 1 is 1.41 bits per heavy atom. The molecule has 3 rings (SSSR count). The van der Waals surface area contributed by atoms with Crippen LogP contribution in [0, 0.1) is 13.8 Å². The molecule has 0 aliphatic heterocycles. The smallest absolute Gasteiger partial charge is 0.277 e. The fourth-order valence-corrected chi connectivity index (χ4v) is 3.09. The number of aromatic nitrogens is 2. The van der Waals surface area contributed by atoms with Gasteiger partial charge in [-0.15, -0.1) is 10.2 Å². The predicted molar refractivity (Wildman–Crippen MR) is 86.6 cm³/mol. The third-order valence-electron chi connectivity index (χ3n) is 3.37. The van der Waals surface area contributed by atoms with Gasteiger partial charge in [-0.3, -0.25) is 4.79 Å². The number of rotatable bonds is 5. The molecular formula is C15H16ClN3O2S. The standard InChI is InChI=1S/C15H16ClN3O2S/c1-8-5-9(2)13(11(16)6-8)17-12(20)7-22-15-19-18-14(21-15)10-3-4-10/h5-6,10H,3-4,7H2,1-2H3,(H,17,20). The molecule has 1 aromatic heterocycles. The van der Waals surface area contributed by atoms with E-state index in [0.717, 1.165) is 24.0 Å². The Morgan fingerprint density at radius 2 is 2.18 bits per heavy atom. The molecule has 2 aromatic rings. The van der Waals surface area contributed by atoms with Gasteiger partial charge in [0.15, 0.2) is 0 Å². The van der Waals surface area contributed by atoms with E-state index in [1.807, 2.05) is 26.0 Å². The van der Waals surface area contributed by atoms with Crippen molar-refractivity contribution in [1.82, 2.24) is 10.2 Å². The molecule has 1 aromatic carbocycles. The van der Waals surface area contributed by atoms with Crippen molar-refractivity contribution in [3.8, 4) is 0 Å². The van der Waals surface area contributed by atoms with Crippen LogP contribution in [0.15, 0.2) is 21.8 Å². The predicted octanol–water partition coefficient (Wildman–Crippen LogP) is 3.95. The number of nitrogens with one attached hydrogen (secondary N) is 1. The summed E-state index contributed by atoms with van der Waals surface area (Å²) >= 11 is 7.41. The van der Waals surface area contributed by atoms with Crippen LogP contribution in [0.1, 0.15) is 35.8 Å². The molecule has 1 heterocycles.